The fraction of sp³-hybridized carbons (Fsp3) is 0.300. The molecule has 0 amide bonds. The maximum absolute atomic E-state index is 11.6. The Labute approximate surface area is 87.1 Å². The number of hydrogen-bond donors (Lipinski definition) is 0. The van der Waals surface area contributed by atoms with Crippen LogP contribution in [0.3, 0.4) is 0 Å². The van der Waals surface area contributed by atoms with Crippen molar-refractivity contribution in [3.05, 3.63) is 39.8 Å². The molecule has 0 radical (unpaired) electrons. The molecule has 0 saturated carbocycles. The molecule has 0 aliphatic carbocycles. The van der Waals surface area contributed by atoms with Crippen LogP contribution in [-0.2, 0) is 0 Å². The van der Waals surface area contributed by atoms with Crippen molar-refractivity contribution < 1.29 is 4.79 Å². The Kier molecular flexibility index (Phi) is 3.77. The summed E-state index contributed by atoms with van der Waals surface area (Å²) in [5, 5.41) is 3.34. The Morgan fingerprint density at radius 2 is 2.00 bits per heavy atom. The van der Waals surface area contributed by atoms with Crippen LogP contribution in [0.5, 0.6) is 0 Å². The molecule has 4 heteroatoms. The first-order chi connectivity index (χ1) is 6.69. The van der Waals surface area contributed by atoms with Gasteiger partial charge in [-0.1, -0.05) is 23.7 Å². The predicted molar refractivity (Wildman–Crippen MR) is 55.7 cm³/mol. The molecule has 1 aromatic rings. The Balaban J connectivity index is 2.88. The highest BCUT2D eigenvalue weighted by molar-refractivity contribution is 6.30. The maximum atomic E-state index is 11.6. The average molecular weight is 212 g/mol. The van der Waals surface area contributed by atoms with E-state index in [1.54, 1.807) is 31.2 Å². The van der Waals surface area contributed by atoms with Crippen molar-refractivity contribution in [1.29, 1.82) is 0 Å². The number of carbonyl (C=O) groups is 1. The van der Waals surface area contributed by atoms with E-state index in [-0.39, 0.29) is 5.78 Å². The topological polar surface area (TPSA) is 46.5 Å². The van der Waals surface area contributed by atoms with E-state index in [1.165, 1.54) is 0 Å². The minimum Gasteiger partial charge on any atom is -0.292 e. The van der Waals surface area contributed by atoms with Gasteiger partial charge in [0.15, 0.2) is 11.8 Å². The van der Waals surface area contributed by atoms with E-state index in [1.807, 2.05) is 0 Å². The summed E-state index contributed by atoms with van der Waals surface area (Å²) in [5.74, 6) is -0.251. The smallest absolute Gasteiger partial charge is 0.190 e. The summed E-state index contributed by atoms with van der Waals surface area (Å²) in [7, 11) is 0. The lowest BCUT2D eigenvalue weighted by Crippen LogP contribution is -2.16. The average Bonchev–Trinajstić information content (AvgIpc) is 2.20. The number of nitroso groups, excluding NO2 is 1. The number of ketones is 1. The molecule has 1 atom stereocenters. The summed E-state index contributed by atoms with van der Waals surface area (Å²) >= 11 is 5.67. The van der Waals surface area contributed by atoms with Crippen LogP contribution in [0.25, 0.3) is 0 Å². The lowest BCUT2D eigenvalue weighted by molar-refractivity contribution is 0.0960. The Morgan fingerprint density at radius 3 is 2.43 bits per heavy atom. The molecule has 0 heterocycles. The maximum Gasteiger partial charge on any atom is 0.190 e. The second-order valence-corrected chi connectivity index (χ2v) is 3.34. The van der Waals surface area contributed by atoms with Crippen molar-refractivity contribution in [2.24, 2.45) is 5.18 Å². The van der Waals surface area contributed by atoms with Crippen molar-refractivity contribution in [3.63, 3.8) is 0 Å². The molecule has 0 spiro atoms. The molecule has 1 rings (SSSR count). The van der Waals surface area contributed by atoms with E-state index in [2.05, 4.69) is 5.18 Å². The van der Waals surface area contributed by atoms with Gasteiger partial charge in [0.2, 0.25) is 0 Å². The van der Waals surface area contributed by atoms with Crippen LogP contribution in [0.2, 0.25) is 5.02 Å². The molecule has 3 nitrogen and oxygen atoms in total. The van der Waals surface area contributed by atoms with Crippen molar-refractivity contribution in [2.45, 2.75) is 19.4 Å². The van der Waals surface area contributed by atoms with Gasteiger partial charge in [-0.25, -0.2) is 0 Å². The number of rotatable bonds is 4. The molecule has 1 aromatic carbocycles. The zero-order valence-electron chi connectivity index (χ0n) is 7.74. The van der Waals surface area contributed by atoms with E-state index in [0.29, 0.717) is 17.0 Å². The number of halogens is 1. The lowest BCUT2D eigenvalue weighted by atomic mass is 10.0. The molecule has 0 aromatic heterocycles. The molecule has 0 bridgehead atoms. The zero-order chi connectivity index (χ0) is 10.6. The first-order valence-electron chi connectivity index (χ1n) is 4.31. The standard InChI is InChI=1S/C10H10ClNO2/c1-2-9(12-14)10(13)7-3-5-8(11)6-4-7/h3-6,9H,2H2,1H3. The van der Waals surface area contributed by atoms with Gasteiger partial charge in [0.05, 0.1) is 0 Å². The molecular weight excluding hydrogens is 202 g/mol. The third-order valence-corrected chi connectivity index (χ3v) is 2.20. The minimum atomic E-state index is -0.781. The van der Waals surface area contributed by atoms with Crippen LogP contribution in [-0.4, -0.2) is 11.8 Å². The Morgan fingerprint density at radius 1 is 1.43 bits per heavy atom. The van der Waals surface area contributed by atoms with Gasteiger partial charge in [-0.15, -0.1) is 0 Å². The number of benzene rings is 1. The SMILES string of the molecule is CCC(N=O)C(=O)c1ccc(Cl)cc1. The summed E-state index contributed by atoms with van der Waals surface area (Å²) in [6, 6.07) is 5.64. The largest absolute Gasteiger partial charge is 0.292 e. The molecular formula is C10H10ClNO2. The highest BCUT2D eigenvalue weighted by atomic mass is 35.5. The van der Waals surface area contributed by atoms with Crippen LogP contribution in [0, 0.1) is 4.91 Å². The molecule has 0 aliphatic rings. The quantitative estimate of drug-likeness (QED) is 0.568. The monoisotopic (exact) mass is 211 g/mol. The molecule has 0 saturated heterocycles. The van der Waals surface area contributed by atoms with Gasteiger partial charge in [-0.3, -0.25) is 4.79 Å². The summed E-state index contributed by atoms with van der Waals surface area (Å²) in [6.45, 7) is 1.75. The summed E-state index contributed by atoms with van der Waals surface area (Å²) in [6.07, 6.45) is 0.422. The Hall–Kier alpha value is -1.22. The summed E-state index contributed by atoms with van der Waals surface area (Å²) < 4.78 is 0. The van der Waals surface area contributed by atoms with E-state index in [9.17, 15) is 9.70 Å². The van der Waals surface area contributed by atoms with Gasteiger partial charge in [-0.2, -0.15) is 4.91 Å². The number of hydrogen-bond acceptors (Lipinski definition) is 3. The van der Waals surface area contributed by atoms with Crippen LogP contribution >= 0.6 is 11.6 Å². The van der Waals surface area contributed by atoms with Crippen LogP contribution < -0.4 is 0 Å². The van der Waals surface area contributed by atoms with E-state index in [0.717, 1.165) is 0 Å². The molecule has 0 fully saturated rings. The first-order valence-corrected chi connectivity index (χ1v) is 4.69. The molecule has 0 aliphatic heterocycles. The highest BCUT2D eigenvalue weighted by Gasteiger charge is 2.18. The molecule has 14 heavy (non-hydrogen) atoms. The van der Waals surface area contributed by atoms with Crippen molar-refractivity contribution in [2.75, 3.05) is 0 Å². The van der Waals surface area contributed by atoms with Gasteiger partial charge in [0.1, 0.15) is 0 Å². The fourth-order valence-corrected chi connectivity index (χ4v) is 1.24. The fourth-order valence-electron chi connectivity index (χ4n) is 1.11. The van der Waals surface area contributed by atoms with E-state index in [4.69, 9.17) is 11.6 Å². The van der Waals surface area contributed by atoms with Gasteiger partial charge >= 0.3 is 0 Å². The predicted octanol–water partition coefficient (Wildman–Crippen LogP) is 3.07. The summed E-state index contributed by atoms with van der Waals surface area (Å²) in [5.41, 5.74) is 0.473. The van der Waals surface area contributed by atoms with Gasteiger partial charge in [0.25, 0.3) is 0 Å². The van der Waals surface area contributed by atoms with Gasteiger partial charge < -0.3 is 0 Å². The minimum absolute atomic E-state index is 0.251. The van der Waals surface area contributed by atoms with E-state index < -0.39 is 6.04 Å². The first kappa shape index (κ1) is 10.9. The van der Waals surface area contributed by atoms with Crippen LogP contribution in [0.1, 0.15) is 23.7 Å². The summed E-state index contributed by atoms with van der Waals surface area (Å²) in [4.78, 5) is 21.9. The third-order valence-electron chi connectivity index (χ3n) is 1.95. The van der Waals surface area contributed by atoms with Crippen molar-refractivity contribution in [3.8, 4) is 0 Å². The normalized spacial score (nSPS) is 12.1. The second kappa shape index (κ2) is 4.86. The molecule has 1 unspecified atom stereocenters. The number of Topliss-reactive ketones (excluding diaryl/α,β-unsaturated/α-hetero) is 1. The molecule has 0 N–H and O–H groups in total. The van der Waals surface area contributed by atoms with Crippen LogP contribution in [0.4, 0.5) is 0 Å². The van der Waals surface area contributed by atoms with E-state index >= 15 is 0 Å². The second-order valence-electron chi connectivity index (χ2n) is 2.90. The third kappa shape index (κ3) is 2.39. The molecule has 74 valence electrons. The van der Waals surface area contributed by atoms with Gasteiger partial charge in [0, 0.05) is 10.6 Å². The highest BCUT2D eigenvalue weighted by Crippen LogP contribution is 2.13. The van der Waals surface area contributed by atoms with Crippen molar-refractivity contribution in [1.82, 2.24) is 0 Å². The zero-order valence-corrected chi connectivity index (χ0v) is 8.49. The van der Waals surface area contributed by atoms with Gasteiger partial charge in [-0.05, 0) is 30.7 Å². The van der Waals surface area contributed by atoms with Crippen LogP contribution in [0.15, 0.2) is 29.4 Å². The lowest BCUT2D eigenvalue weighted by Gasteiger charge is -2.04. The van der Waals surface area contributed by atoms with Crippen molar-refractivity contribution >= 4 is 17.4 Å². The number of carbonyl (C=O) groups excluding carboxylic acids is 1. The number of nitrogens with zero attached hydrogens (tertiary/aromatic N) is 1. The Bertz CT molecular complexity index is 334.